The van der Waals surface area contributed by atoms with Gasteiger partial charge in [-0.05, 0) is 41.6 Å². The Balaban J connectivity index is 1.87. The third kappa shape index (κ3) is 4.52. The van der Waals surface area contributed by atoms with E-state index in [0.717, 1.165) is 0 Å². The Labute approximate surface area is 163 Å². The van der Waals surface area contributed by atoms with Crippen LogP contribution < -0.4 is 16.0 Å². The van der Waals surface area contributed by atoms with Gasteiger partial charge >= 0.3 is 6.03 Å². The van der Waals surface area contributed by atoms with Crippen molar-refractivity contribution in [1.29, 1.82) is 0 Å². The van der Waals surface area contributed by atoms with Crippen molar-refractivity contribution in [2.45, 2.75) is 0 Å². The molecule has 1 aromatic heterocycles. The number of carbonyl (C=O) groups is 2. The number of hydrogen-bond donors (Lipinski definition) is 4. The summed E-state index contributed by atoms with van der Waals surface area (Å²) in [5, 5.41) is 22.3. The maximum absolute atomic E-state index is 12.3. The molecule has 2 aromatic carbocycles. The number of rotatable bonds is 4. The zero-order valence-electron chi connectivity index (χ0n) is 13.9. The molecule has 0 aliphatic heterocycles. The van der Waals surface area contributed by atoms with Crippen molar-refractivity contribution in [1.82, 2.24) is 25.9 Å². The monoisotopic (exact) mass is 405 g/mol. The minimum absolute atomic E-state index is 0.224. The second-order valence-corrected chi connectivity index (χ2v) is 6.19. The lowest BCUT2D eigenvalue weighted by Gasteiger charge is -2.12. The van der Waals surface area contributed by atoms with Crippen LogP contribution in [0.4, 0.5) is 16.2 Å². The van der Waals surface area contributed by atoms with Crippen LogP contribution in [0.2, 0.25) is 10.0 Å². The van der Waals surface area contributed by atoms with E-state index in [1.165, 1.54) is 7.05 Å². The summed E-state index contributed by atoms with van der Waals surface area (Å²) >= 11 is 11.9. The fourth-order valence-electron chi connectivity index (χ4n) is 2.31. The first-order chi connectivity index (χ1) is 13.0. The van der Waals surface area contributed by atoms with Crippen LogP contribution in [0.5, 0.6) is 0 Å². The number of amides is 3. The summed E-state index contributed by atoms with van der Waals surface area (Å²) in [4.78, 5) is 24.2. The highest BCUT2D eigenvalue weighted by Crippen LogP contribution is 2.27. The van der Waals surface area contributed by atoms with E-state index < -0.39 is 6.03 Å². The lowest BCUT2D eigenvalue weighted by molar-refractivity contribution is 0.0963. The highest BCUT2D eigenvalue weighted by Gasteiger charge is 2.15. The largest absolute Gasteiger partial charge is 0.355 e. The molecule has 0 unspecified atom stereocenters. The Morgan fingerprint density at radius 3 is 2.41 bits per heavy atom. The fraction of sp³-hybridized carbons (Fsp3) is 0.0625. The third-order valence-corrected chi connectivity index (χ3v) is 3.90. The number of carbonyl (C=O) groups excluding carboxylic acids is 2. The zero-order valence-corrected chi connectivity index (χ0v) is 15.4. The van der Waals surface area contributed by atoms with E-state index in [0.29, 0.717) is 32.5 Å². The topological polar surface area (TPSA) is 125 Å². The van der Waals surface area contributed by atoms with E-state index in [-0.39, 0.29) is 11.7 Å². The zero-order chi connectivity index (χ0) is 19.4. The van der Waals surface area contributed by atoms with Gasteiger partial charge in [-0.15, -0.1) is 10.2 Å². The predicted molar refractivity (Wildman–Crippen MR) is 102 cm³/mol. The van der Waals surface area contributed by atoms with E-state index in [2.05, 4.69) is 36.6 Å². The molecule has 138 valence electrons. The smallest absolute Gasteiger partial charge is 0.323 e. The average molecular weight is 406 g/mol. The van der Waals surface area contributed by atoms with E-state index >= 15 is 0 Å². The molecule has 0 bridgehead atoms. The summed E-state index contributed by atoms with van der Waals surface area (Å²) in [5.74, 6) is -0.0637. The number of benzene rings is 2. The van der Waals surface area contributed by atoms with Crippen molar-refractivity contribution in [3.05, 3.63) is 52.0 Å². The first-order valence-electron chi connectivity index (χ1n) is 7.60. The van der Waals surface area contributed by atoms with E-state index in [4.69, 9.17) is 23.2 Å². The number of halogens is 2. The molecule has 3 rings (SSSR count). The summed E-state index contributed by atoms with van der Waals surface area (Å²) in [6.07, 6.45) is 0. The molecule has 0 atom stereocenters. The SMILES string of the molecule is CNC(=O)c1ccc(NC(=O)Nc2cc(Cl)cc(Cl)c2)c(-c2nn[nH]n2)c1. The summed E-state index contributed by atoms with van der Waals surface area (Å²) in [5.41, 5.74) is 1.61. The average Bonchev–Trinajstić information content (AvgIpc) is 3.14. The molecule has 0 aliphatic rings. The first-order valence-corrected chi connectivity index (χ1v) is 8.36. The molecule has 4 N–H and O–H groups in total. The van der Waals surface area contributed by atoms with Gasteiger partial charge in [-0.2, -0.15) is 5.21 Å². The third-order valence-electron chi connectivity index (χ3n) is 3.46. The van der Waals surface area contributed by atoms with Gasteiger partial charge in [0.1, 0.15) is 0 Å². The highest BCUT2D eigenvalue weighted by molar-refractivity contribution is 6.35. The second kappa shape index (κ2) is 8.02. The van der Waals surface area contributed by atoms with Gasteiger partial charge in [0, 0.05) is 33.9 Å². The number of H-pyrrole nitrogens is 1. The van der Waals surface area contributed by atoms with Gasteiger partial charge in [-0.3, -0.25) is 4.79 Å². The van der Waals surface area contributed by atoms with Crippen LogP contribution in [0.1, 0.15) is 10.4 Å². The number of nitrogens with one attached hydrogen (secondary N) is 4. The van der Waals surface area contributed by atoms with Crippen molar-refractivity contribution in [2.75, 3.05) is 17.7 Å². The Kier molecular flexibility index (Phi) is 5.53. The summed E-state index contributed by atoms with van der Waals surface area (Å²) in [7, 11) is 1.52. The van der Waals surface area contributed by atoms with Crippen molar-refractivity contribution < 1.29 is 9.59 Å². The number of aromatic amines is 1. The molecule has 0 saturated carbocycles. The molecule has 0 radical (unpaired) electrons. The Morgan fingerprint density at radius 2 is 1.78 bits per heavy atom. The van der Waals surface area contributed by atoms with Crippen LogP contribution in [0.15, 0.2) is 36.4 Å². The van der Waals surface area contributed by atoms with Crippen LogP contribution >= 0.6 is 23.2 Å². The van der Waals surface area contributed by atoms with Gasteiger partial charge < -0.3 is 16.0 Å². The van der Waals surface area contributed by atoms with Crippen molar-refractivity contribution in [2.24, 2.45) is 0 Å². The van der Waals surface area contributed by atoms with E-state index in [1.54, 1.807) is 36.4 Å². The molecule has 3 aromatic rings. The van der Waals surface area contributed by atoms with Crippen LogP contribution in [0.25, 0.3) is 11.4 Å². The van der Waals surface area contributed by atoms with E-state index in [1.807, 2.05) is 0 Å². The molecular weight excluding hydrogens is 393 g/mol. The maximum Gasteiger partial charge on any atom is 0.323 e. The second-order valence-electron chi connectivity index (χ2n) is 5.31. The molecule has 0 fully saturated rings. The Morgan fingerprint density at radius 1 is 1.04 bits per heavy atom. The van der Waals surface area contributed by atoms with Gasteiger partial charge in [-0.25, -0.2) is 4.79 Å². The predicted octanol–water partition coefficient (Wildman–Crippen LogP) is 3.18. The van der Waals surface area contributed by atoms with Crippen molar-refractivity contribution in [3.8, 4) is 11.4 Å². The van der Waals surface area contributed by atoms with Crippen molar-refractivity contribution in [3.63, 3.8) is 0 Å². The standard InChI is InChI=1S/C16H13Cl2N7O2/c1-19-15(26)8-2-3-13(12(4-8)14-22-24-25-23-14)21-16(27)20-11-6-9(17)5-10(18)7-11/h2-7H,1H3,(H,19,26)(H2,20,21,27)(H,22,23,24,25). The lowest BCUT2D eigenvalue weighted by Crippen LogP contribution is -2.21. The van der Waals surface area contributed by atoms with Crippen molar-refractivity contribution >= 4 is 46.5 Å². The van der Waals surface area contributed by atoms with Gasteiger partial charge in [0.05, 0.1) is 5.69 Å². The Bertz CT molecular complexity index is 972. The van der Waals surface area contributed by atoms with E-state index in [9.17, 15) is 9.59 Å². The van der Waals surface area contributed by atoms with Gasteiger partial charge in [0.15, 0.2) is 0 Å². The molecule has 0 aliphatic carbocycles. The van der Waals surface area contributed by atoms with Gasteiger partial charge in [0.2, 0.25) is 5.82 Å². The molecule has 0 spiro atoms. The first kappa shape index (κ1) is 18.6. The molecule has 0 saturated heterocycles. The quantitative estimate of drug-likeness (QED) is 0.530. The lowest BCUT2D eigenvalue weighted by atomic mass is 10.1. The number of tetrazole rings is 1. The van der Waals surface area contributed by atoms with Crippen LogP contribution in [0, 0.1) is 0 Å². The molecule has 3 amide bonds. The van der Waals surface area contributed by atoms with Crippen LogP contribution in [0.3, 0.4) is 0 Å². The normalized spacial score (nSPS) is 10.3. The summed E-state index contributed by atoms with van der Waals surface area (Å²) in [6, 6.07) is 8.82. The number of urea groups is 1. The summed E-state index contributed by atoms with van der Waals surface area (Å²) in [6.45, 7) is 0. The maximum atomic E-state index is 12.3. The highest BCUT2D eigenvalue weighted by atomic mass is 35.5. The molecular formula is C16H13Cl2N7O2. The minimum atomic E-state index is -0.536. The number of anilines is 2. The number of hydrogen-bond acceptors (Lipinski definition) is 5. The van der Waals surface area contributed by atoms with Crippen LogP contribution in [-0.2, 0) is 0 Å². The van der Waals surface area contributed by atoms with Gasteiger partial charge in [0.25, 0.3) is 5.91 Å². The van der Waals surface area contributed by atoms with Crippen LogP contribution in [-0.4, -0.2) is 39.6 Å². The minimum Gasteiger partial charge on any atom is -0.355 e. The summed E-state index contributed by atoms with van der Waals surface area (Å²) < 4.78 is 0. The Hall–Kier alpha value is -3.17. The number of aromatic nitrogens is 4. The number of nitrogens with zero attached hydrogens (tertiary/aromatic N) is 3. The van der Waals surface area contributed by atoms with Gasteiger partial charge in [-0.1, -0.05) is 23.2 Å². The molecule has 11 heteroatoms. The molecule has 9 nitrogen and oxygen atoms in total. The molecule has 27 heavy (non-hydrogen) atoms. The fourth-order valence-corrected chi connectivity index (χ4v) is 2.84. The molecule has 1 heterocycles.